The lowest BCUT2D eigenvalue weighted by Gasteiger charge is -2.38. The number of rotatable bonds is 6. The fourth-order valence-corrected chi connectivity index (χ4v) is 3.30. The molecule has 1 aliphatic heterocycles. The molecule has 0 aliphatic carbocycles. The number of carbonyl (C=O) groups excluding carboxylic acids is 3. The number of benzene rings is 1. The van der Waals surface area contributed by atoms with Gasteiger partial charge < -0.3 is 14.2 Å². The minimum absolute atomic E-state index is 0.231. The highest BCUT2D eigenvalue weighted by Gasteiger charge is 2.51. The van der Waals surface area contributed by atoms with Crippen LogP contribution in [0.4, 0.5) is 0 Å². The van der Waals surface area contributed by atoms with Crippen molar-refractivity contribution in [2.24, 2.45) is 11.8 Å². The highest BCUT2D eigenvalue weighted by molar-refractivity contribution is 5.98. The van der Waals surface area contributed by atoms with E-state index in [1.165, 1.54) is 13.8 Å². The van der Waals surface area contributed by atoms with Gasteiger partial charge in [0.15, 0.2) is 5.92 Å². The number of hydrogen-bond acceptors (Lipinski definition) is 6. The third kappa shape index (κ3) is 5.21. The van der Waals surface area contributed by atoms with Gasteiger partial charge in [0.25, 0.3) is 5.79 Å². The molecular weight excluding hydrogens is 360 g/mol. The van der Waals surface area contributed by atoms with Crippen molar-refractivity contribution in [2.75, 3.05) is 0 Å². The average molecular weight is 388 g/mol. The van der Waals surface area contributed by atoms with Crippen LogP contribution in [0.1, 0.15) is 52.5 Å². The van der Waals surface area contributed by atoms with Gasteiger partial charge in [-0.1, -0.05) is 36.4 Å². The maximum atomic E-state index is 13.0. The van der Waals surface area contributed by atoms with Gasteiger partial charge in [0, 0.05) is 19.8 Å². The summed E-state index contributed by atoms with van der Waals surface area (Å²) in [6.45, 7) is 12.0. The van der Waals surface area contributed by atoms with Crippen LogP contribution < -0.4 is 0 Å². The second-order valence-electron chi connectivity index (χ2n) is 8.32. The molecule has 0 saturated carbocycles. The quantitative estimate of drug-likeness (QED) is 0.419. The van der Waals surface area contributed by atoms with E-state index in [2.05, 4.69) is 6.58 Å². The molecule has 152 valence electrons. The van der Waals surface area contributed by atoms with E-state index in [4.69, 9.17) is 14.2 Å². The number of carbonyl (C=O) groups is 3. The van der Waals surface area contributed by atoms with E-state index in [0.717, 1.165) is 0 Å². The largest absolute Gasteiger partial charge is 0.460 e. The average Bonchev–Trinajstić information content (AvgIpc) is 2.54. The molecule has 2 rings (SSSR count). The third-order valence-electron chi connectivity index (χ3n) is 4.31. The Morgan fingerprint density at radius 1 is 1.18 bits per heavy atom. The summed E-state index contributed by atoms with van der Waals surface area (Å²) in [5.41, 5.74) is -0.0633. The van der Waals surface area contributed by atoms with Crippen LogP contribution in [-0.2, 0) is 28.6 Å². The number of cyclic esters (lactones) is 2. The van der Waals surface area contributed by atoms with E-state index in [-0.39, 0.29) is 6.42 Å². The molecule has 6 heteroatoms. The Morgan fingerprint density at radius 3 is 2.18 bits per heavy atom. The summed E-state index contributed by atoms with van der Waals surface area (Å²) in [5, 5.41) is 0. The maximum Gasteiger partial charge on any atom is 0.324 e. The molecule has 0 bridgehead atoms. The third-order valence-corrected chi connectivity index (χ3v) is 4.31. The van der Waals surface area contributed by atoms with Crippen molar-refractivity contribution in [3.63, 3.8) is 0 Å². The predicted molar refractivity (Wildman–Crippen MR) is 103 cm³/mol. The number of allylic oxidation sites excluding steroid dienone is 1. The molecule has 1 fully saturated rings. The zero-order chi connectivity index (χ0) is 21.1. The van der Waals surface area contributed by atoms with Crippen molar-refractivity contribution in [3.8, 4) is 0 Å². The van der Waals surface area contributed by atoms with E-state index in [9.17, 15) is 14.4 Å². The molecule has 0 spiro atoms. The van der Waals surface area contributed by atoms with Crippen molar-refractivity contribution >= 4 is 17.9 Å². The Balaban J connectivity index is 2.52. The summed E-state index contributed by atoms with van der Waals surface area (Å²) in [6.07, 6.45) is 1.81. The maximum absolute atomic E-state index is 13.0. The van der Waals surface area contributed by atoms with E-state index < -0.39 is 47.0 Å². The molecule has 1 saturated heterocycles. The lowest BCUT2D eigenvalue weighted by atomic mass is 9.74. The SMILES string of the molecule is C=CC[C@H](C(=O)OC(C)(C)C)[C@@H](c1ccccc1)C1C(=O)OC(C)(C)OC1=O. The zero-order valence-corrected chi connectivity index (χ0v) is 17.1. The van der Waals surface area contributed by atoms with Gasteiger partial charge >= 0.3 is 17.9 Å². The Bertz CT molecular complexity index is 724. The first-order valence-electron chi connectivity index (χ1n) is 9.29. The lowest BCUT2D eigenvalue weighted by Crippen LogP contribution is -2.50. The van der Waals surface area contributed by atoms with Gasteiger partial charge in [0.1, 0.15) is 5.60 Å². The van der Waals surface area contributed by atoms with Crippen molar-refractivity contribution < 1.29 is 28.6 Å². The summed E-state index contributed by atoms with van der Waals surface area (Å²) in [5.74, 6) is -6.15. The van der Waals surface area contributed by atoms with Crippen LogP contribution in [-0.4, -0.2) is 29.3 Å². The van der Waals surface area contributed by atoms with Gasteiger partial charge in [0.2, 0.25) is 0 Å². The normalized spacial score (nSPS) is 19.2. The first-order chi connectivity index (χ1) is 12.9. The minimum Gasteiger partial charge on any atom is -0.460 e. The summed E-state index contributed by atoms with van der Waals surface area (Å²) in [6, 6.07) is 8.92. The fraction of sp³-hybridized carbons (Fsp3) is 0.500. The topological polar surface area (TPSA) is 78.9 Å². The van der Waals surface area contributed by atoms with Crippen LogP contribution in [0.25, 0.3) is 0 Å². The zero-order valence-electron chi connectivity index (χ0n) is 17.1. The van der Waals surface area contributed by atoms with Crippen molar-refractivity contribution in [1.29, 1.82) is 0 Å². The van der Waals surface area contributed by atoms with Crippen LogP contribution >= 0.6 is 0 Å². The number of ether oxygens (including phenoxy) is 3. The standard InChI is InChI=1S/C22H28O6/c1-7-11-15(18(23)26-21(2,3)4)16(14-12-9-8-10-13-14)17-19(24)27-22(5,6)28-20(17)25/h7-10,12-13,15-17H,1,11H2,2-6H3/t15-,16+/m0/s1. The molecule has 0 radical (unpaired) electrons. The van der Waals surface area contributed by atoms with Gasteiger partial charge in [-0.2, -0.15) is 0 Å². The second kappa shape index (κ2) is 8.17. The summed E-state index contributed by atoms with van der Waals surface area (Å²) in [7, 11) is 0. The molecule has 0 N–H and O–H groups in total. The van der Waals surface area contributed by atoms with Crippen LogP contribution in [0.5, 0.6) is 0 Å². The van der Waals surface area contributed by atoms with Gasteiger partial charge in [-0.15, -0.1) is 6.58 Å². The molecule has 1 aliphatic rings. The van der Waals surface area contributed by atoms with Crippen molar-refractivity contribution in [2.45, 2.75) is 58.3 Å². The molecule has 28 heavy (non-hydrogen) atoms. The predicted octanol–water partition coefficient (Wildman–Crippen LogP) is 3.76. The van der Waals surface area contributed by atoms with Crippen LogP contribution in [0.15, 0.2) is 43.0 Å². The smallest absolute Gasteiger partial charge is 0.324 e. The van der Waals surface area contributed by atoms with Gasteiger partial charge in [-0.3, -0.25) is 14.4 Å². The van der Waals surface area contributed by atoms with Gasteiger partial charge in [0.05, 0.1) is 5.92 Å². The Kier molecular flexibility index (Phi) is 6.32. The molecule has 1 aromatic rings. The first-order valence-corrected chi connectivity index (χ1v) is 9.29. The van der Waals surface area contributed by atoms with Gasteiger partial charge in [-0.25, -0.2) is 0 Å². The molecule has 1 heterocycles. The Labute approximate surface area is 165 Å². The van der Waals surface area contributed by atoms with E-state index in [1.807, 2.05) is 6.07 Å². The van der Waals surface area contributed by atoms with E-state index in [0.29, 0.717) is 5.56 Å². The van der Waals surface area contributed by atoms with E-state index in [1.54, 1.807) is 51.1 Å². The molecule has 0 amide bonds. The molecule has 6 nitrogen and oxygen atoms in total. The molecule has 0 aromatic heterocycles. The van der Waals surface area contributed by atoms with Crippen molar-refractivity contribution in [1.82, 2.24) is 0 Å². The molecule has 1 aromatic carbocycles. The monoisotopic (exact) mass is 388 g/mol. The highest BCUT2D eigenvalue weighted by Crippen LogP contribution is 2.40. The van der Waals surface area contributed by atoms with Gasteiger partial charge in [-0.05, 0) is 32.8 Å². The summed E-state index contributed by atoms with van der Waals surface area (Å²) in [4.78, 5) is 38.5. The molecular formula is C22H28O6. The van der Waals surface area contributed by atoms with Crippen molar-refractivity contribution in [3.05, 3.63) is 48.6 Å². The fourth-order valence-electron chi connectivity index (χ4n) is 3.30. The Morgan fingerprint density at radius 2 is 1.71 bits per heavy atom. The minimum atomic E-state index is -1.34. The molecule has 0 unspecified atom stereocenters. The lowest BCUT2D eigenvalue weighted by molar-refractivity contribution is -0.241. The second-order valence-corrected chi connectivity index (χ2v) is 8.32. The molecule has 2 atom stereocenters. The summed E-state index contributed by atoms with van der Waals surface area (Å²) >= 11 is 0. The van der Waals surface area contributed by atoms with Crippen LogP contribution in [0, 0.1) is 11.8 Å². The van der Waals surface area contributed by atoms with Crippen LogP contribution in [0.3, 0.4) is 0 Å². The number of esters is 3. The number of hydrogen-bond donors (Lipinski definition) is 0. The summed E-state index contributed by atoms with van der Waals surface area (Å²) < 4.78 is 16.2. The van der Waals surface area contributed by atoms with Crippen LogP contribution in [0.2, 0.25) is 0 Å². The first kappa shape index (κ1) is 21.7. The van der Waals surface area contributed by atoms with E-state index >= 15 is 0 Å². The Hall–Kier alpha value is -2.63. The highest BCUT2D eigenvalue weighted by atomic mass is 16.7.